The molecule has 0 atom stereocenters. The SMILES string of the molecule is CC(C)OCC(=O)NC(C)(CCl)CCl. The average molecular weight is 242 g/mol. The number of carbonyl (C=O) groups excluding carboxylic acids is 1. The summed E-state index contributed by atoms with van der Waals surface area (Å²) in [7, 11) is 0. The van der Waals surface area contributed by atoms with E-state index in [1.807, 2.05) is 13.8 Å². The van der Waals surface area contributed by atoms with Crippen molar-refractivity contribution in [2.75, 3.05) is 18.4 Å². The molecule has 0 bridgehead atoms. The van der Waals surface area contributed by atoms with Crippen LogP contribution in [-0.4, -0.2) is 35.9 Å². The topological polar surface area (TPSA) is 38.3 Å². The highest BCUT2D eigenvalue weighted by Crippen LogP contribution is 2.08. The van der Waals surface area contributed by atoms with E-state index in [1.165, 1.54) is 0 Å². The van der Waals surface area contributed by atoms with E-state index in [-0.39, 0.29) is 30.4 Å². The van der Waals surface area contributed by atoms with Crippen molar-refractivity contribution < 1.29 is 9.53 Å². The van der Waals surface area contributed by atoms with Gasteiger partial charge in [-0.3, -0.25) is 4.79 Å². The zero-order valence-electron chi connectivity index (χ0n) is 8.77. The first-order valence-corrected chi connectivity index (χ1v) is 5.55. The van der Waals surface area contributed by atoms with E-state index < -0.39 is 5.54 Å². The molecule has 14 heavy (non-hydrogen) atoms. The first-order valence-electron chi connectivity index (χ1n) is 4.48. The number of hydrogen-bond acceptors (Lipinski definition) is 2. The van der Waals surface area contributed by atoms with Gasteiger partial charge in [0.25, 0.3) is 0 Å². The second-order valence-corrected chi connectivity index (χ2v) is 4.27. The van der Waals surface area contributed by atoms with Gasteiger partial charge in [0.2, 0.25) is 5.91 Å². The summed E-state index contributed by atoms with van der Waals surface area (Å²) in [5, 5.41) is 2.72. The molecule has 0 aromatic carbocycles. The summed E-state index contributed by atoms with van der Waals surface area (Å²) in [6.45, 7) is 5.58. The summed E-state index contributed by atoms with van der Waals surface area (Å²) >= 11 is 11.4. The molecule has 3 nitrogen and oxygen atoms in total. The van der Waals surface area contributed by atoms with E-state index in [4.69, 9.17) is 27.9 Å². The number of halogens is 2. The van der Waals surface area contributed by atoms with Crippen LogP contribution in [0.4, 0.5) is 0 Å². The minimum absolute atomic E-state index is 0.0407. The number of hydrogen-bond donors (Lipinski definition) is 1. The Morgan fingerprint density at radius 2 is 1.93 bits per heavy atom. The van der Waals surface area contributed by atoms with Gasteiger partial charge in [0, 0.05) is 11.8 Å². The smallest absolute Gasteiger partial charge is 0.246 e. The van der Waals surface area contributed by atoms with Gasteiger partial charge in [-0.1, -0.05) is 0 Å². The van der Waals surface area contributed by atoms with Crippen LogP contribution < -0.4 is 5.32 Å². The predicted octanol–water partition coefficient (Wildman–Crippen LogP) is 1.76. The van der Waals surface area contributed by atoms with E-state index in [9.17, 15) is 4.79 Å². The quantitative estimate of drug-likeness (QED) is 0.721. The Hall–Kier alpha value is 0.01000. The zero-order valence-corrected chi connectivity index (χ0v) is 10.3. The van der Waals surface area contributed by atoms with Gasteiger partial charge in [-0.15, -0.1) is 23.2 Å². The van der Waals surface area contributed by atoms with E-state index in [0.717, 1.165) is 0 Å². The summed E-state index contributed by atoms with van der Waals surface area (Å²) in [4.78, 5) is 11.3. The number of rotatable bonds is 6. The minimum atomic E-state index is -0.555. The molecule has 0 aromatic heterocycles. The molecule has 0 aliphatic rings. The van der Waals surface area contributed by atoms with Crippen molar-refractivity contribution in [3.05, 3.63) is 0 Å². The third kappa shape index (κ3) is 5.68. The molecular formula is C9H17Cl2NO2. The number of amides is 1. The maximum atomic E-state index is 11.3. The number of nitrogens with one attached hydrogen (secondary N) is 1. The third-order valence-electron chi connectivity index (χ3n) is 1.58. The van der Waals surface area contributed by atoms with Crippen molar-refractivity contribution in [1.29, 1.82) is 0 Å². The van der Waals surface area contributed by atoms with E-state index >= 15 is 0 Å². The monoisotopic (exact) mass is 241 g/mol. The normalized spacial score (nSPS) is 11.9. The van der Waals surface area contributed by atoms with Crippen LogP contribution in [0.25, 0.3) is 0 Å². The molecule has 0 unspecified atom stereocenters. The maximum Gasteiger partial charge on any atom is 0.246 e. The molecule has 84 valence electrons. The van der Waals surface area contributed by atoms with Crippen LogP contribution in [0.5, 0.6) is 0 Å². The lowest BCUT2D eigenvalue weighted by Gasteiger charge is -2.26. The molecule has 0 heterocycles. The number of carbonyl (C=O) groups is 1. The summed E-state index contributed by atoms with van der Waals surface area (Å²) in [5.41, 5.74) is -0.555. The highest BCUT2D eigenvalue weighted by atomic mass is 35.5. The van der Waals surface area contributed by atoms with Gasteiger partial charge in [0.15, 0.2) is 0 Å². The van der Waals surface area contributed by atoms with Gasteiger partial charge >= 0.3 is 0 Å². The molecule has 0 rings (SSSR count). The lowest BCUT2D eigenvalue weighted by molar-refractivity contribution is -0.128. The standard InChI is InChI=1S/C9H17Cl2NO2/c1-7(2)14-4-8(13)12-9(3,5-10)6-11/h7H,4-6H2,1-3H3,(H,12,13). The fourth-order valence-corrected chi connectivity index (χ4v) is 1.14. The van der Waals surface area contributed by atoms with Crippen molar-refractivity contribution in [1.82, 2.24) is 5.32 Å². The molecule has 1 N–H and O–H groups in total. The molecule has 0 aromatic rings. The van der Waals surface area contributed by atoms with Gasteiger partial charge in [0.1, 0.15) is 6.61 Å². The van der Waals surface area contributed by atoms with E-state index in [0.29, 0.717) is 0 Å². The molecule has 0 fully saturated rings. The summed E-state index contributed by atoms with van der Waals surface area (Å²) < 4.78 is 5.14. The van der Waals surface area contributed by atoms with Gasteiger partial charge in [-0.2, -0.15) is 0 Å². The summed E-state index contributed by atoms with van der Waals surface area (Å²) in [5.74, 6) is 0.371. The summed E-state index contributed by atoms with van der Waals surface area (Å²) in [6, 6.07) is 0. The van der Waals surface area contributed by atoms with Gasteiger partial charge in [-0.25, -0.2) is 0 Å². The molecule has 0 saturated carbocycles. The fourth-order valence-electron chi connectivity index (χ4n) is 0.718. The Labute approximate surface area is 95.1 Å². The van der Waals surface area contributed by atoms with Crippen LogP contribution in [0.3, 0.4) is 0 Å². The highest BCUT2D eigenvalue weighted by Gasteiger charge is 2.24. The molecule has 0 saturated heterocycles. The van der Waals surface area contributed by atoms with Crippen LogP contribution in [0.2, 0.25) is 0 Å². The molecule has 0 spiro atoms. The second-order valence-electron chi connectivity index (χ2n) is 3.74. The highest BCUT2D eigenvalue weighted by molar-refractivity contribution is 6.22. The molecule has 0 aliphatic heterocycles. The van der Waals surface area contributed by atoms with Crippen molar-refractivity contribution in [2.24, 2.45) is 0 Å². The Kier molecular flexibility index (Phi) is 6.49. The Bertz CT molecular complexity index is 182. The first kappa shape index (κ1) is 14.0. The van der Waals surface area contributed by atoms with Crippen molar-refractivity contribution in [3.8, 4) is 0 Å². The maximum absolute atomic E-state index is 11.3. The first-order chi connectivity index (χ1) is 6.43. The Balaban J connectivity index is 3.92. The molecular weight excluding hydrogens is 225 g/mol. The van der Waals surface area contributed by atoms with Crippen molar-refractivity contribution in [2.45, 2.75) is 32.4 Å². The molecule has 5 heteroatoms. The third-order valence-corrected chi connectivity index (χ3v) is 2.76. The van der Waals surface area contributed by atoms with Gasteiger partial charge in [0.05, 0.1) is 11.6 Å². The van der Waals surface area contributed by atoms with Crippen molar-refractivity contribution in [3.63, 3.8) is 0 Å². The molecule has 0 radical (unpaired) electrons. The van der Waals surface area contributed by atoms with Crippen LogP contribution in [0.15, 0.2) is 0 Å². The lowest BCUT2D eigenvalue weighted by Crippen LogP contribution is -2.50. The summed E-state index contributed by atoms with van der Waals surface area (Å²) in [6.07, 6.45) is 0.0407. The van der Waals surface area contributed by atoms with E-state index in [2.05, 4.69) is 5.32 Å². The zero-order chi connectivity index (χ0) is 11.2. The van der Waals surface area contributed by atoms with Crippen LogP contribution in [-0.2, 0) is 9.53 Å². The van der Waals surface area contributed by atoms with Crippen LogP contribution in [0.1, 0.15) is 20.8 Å². The fraction of sp³-hybridized carbons (Fsp3) is 0.889. The largest absolute Gasteiger partial charge is 0.369 e. The van der Waals surface area contributed by atoms with Crippen molar-refractivity contribution >= 4 is 29.1 Å². The molecule has 0 aliphatic carbocycles. The Morgan fingerprint density at radius 1 is 1.43 bits per heavy atom. The molecule has 1 amide bonds. The number of alkyl halides is 2. The number of ether oxygens (including phenoxy) is 1. The minimum Gasteiger partial charge on any atom is -0.369 e. The van der Waals surface area contributed by atoms with E-state index in [1.54, 1.807) is 6.92 Å². The predicted molar refractivity (Wildman–Crippen MR) is 59.1 cm³/mol. The van der Waals surface area contributed by atoms with Gasteiger partial charge < -0.3 is 10.1 Å². The average Bonchev–Trinajstić information content (AvgIpc) is 2.14. The van der Waals surface area contributed by atoms with Crippen LogP contribution in [0, 0.1) is 0 Å². The van der Waals surface area contributed by atoms with Crippen LogP contribution >= 0.6 is 23.2 Å². The Morgan fingerprint density at radius 3 is 2.29 bits per heavy atom. The lowest BCUT2D eigenvalue weighted by atomic mass is 10.1. The second kappa shape index (κ2) is 6.49. The van der Waals surface area contributed by atoms with Gasteiger partial charge in [-0.05, 0) is 20.8 Å².